The SMILES string of the molecule is CC.CCN(CC)C(=O)O.C[C@@H]1CCC[C@H](OC(=O)NC/C=C/c2ccc(-c3cccnn3)cc2)C[C@@H](C)C(=O)[C@H](C)[C@H]2NC(=O)O[C@]2(C)COC1=O.C[C@@H]1C[C@H](N(C)C)CC(O)O1. The Balaban J connectivity index is 0.000000550. The van der Waals surface area contributed by atoms with E-state index < -0.39 is 60.1 Å². The monoisotopic (exact) mass is 899 g/mol. The van der Waals surface area contributed by atoms with Crippen LogP contribution in [0.1, 0.15) is 106 Å². The van der Waals surface area contributed by atoms with Gasteiger partial charge in [-0.3, -0.25) is 9.59 Å². The van der Waals surface area contributed by atoms with E-state index in [0.29, 0.717) is 44.8 Å². The summed E-state index contributed by atoms with van der Waals surface area (Å²) >= 11 is 0. The van der Waals surface area contributed by atoms with Crippen LogP contribution in [-0.4, -0.2) is 137 Å². The van der Waals surface area contributed by atoms with E-state index in [2.05, 4.69) is 25.7 Å². The molecule has 3 amide bonds. The molecule has 2 aromatic rings. The number of ether oxygens (including phenoxy) is 4. The minimum Gasteiger partial charge on any atom is -0.465 e. The molecule has 3 saturated heterocycles. The third kappa shape index (κ3) is 18.2. The summed E-state index contributed by atoms with van der Waals surface area (Å²) in [5.74, 6) is -1.94. The van der Waals surface area contributed by atoms with Gasteiger partial charge in [0.05, 0.1) is 23.8 Å². The third-order valence-electron chi connectivity index (χ3n) is 11.3. The van der Waals surface area contributed by atoms with Gasteiger partial charge in [0.15, 0.2) is 11.9 Å². The molecular weight excluding hydrogens is 825 g/mol. The topological polar surface area (TPSA) is 219 Å². The van der Waals surface area contributed by atoms with Crippen molar-refractivity contribution in [2.75, 3.05) is 40.3 Å². The molecule has 358 valence electrons. The maximum atomic E-state index is 13.4. The molecule has 4 heterocycles. The van der Waals surface area contributed by atoms with E-state index in [9.17, 15) is 29.1 Å². The van der Waals surface area contributed by atoms with Gasteiger partial charge in [-0.1, -0.05) is 71.0 Å². The number of amides is 3. The first-order valence-electron chi connectivity index (χ1n) is 22.5. The zero-order valence-corrected chi connectivity index (χ0v) is 39.7. The second-order valence-corrected chi connectivity index (χ2v) is 16.6. The quantitative estimate of drug-likeness (QED) is 0.152. The zero-order chi connectivity index (χ0) is 48.0. The Morgan fingerprint density at radius 3 is 2.22 bits per heavy atom. The number of nitrogens with zero attached hydrogens (tertiary/aromatic N) is 4. The lowest BCUT2D eigenvalue weighted by Crippen LogP contribution is -2.52. The molecule has 64 heavy (non-hydrogen) atoms. The van der Waals surface area contributed by atoms with Crippen LogP contribution in [0.15, 0.2) is 48.7 Å². The Hall–Kier alpha value is -5.13. The number of rotatable bonds is 8. The number of esters is 1. The Bertz CT molecular complexity index is 1750. The van der Waals surface area contributed by atoms with Crippen LogP contribution in [0.2, 0.25) is 0 Å². The van der Waals surface area contributed by atoms with Crippen LogP contribution in [-0.2, 0) is 28.5 Å². The molecule has 1 unspecified atom stereocenters. The Morgan fingerprint density at radius 2 is 1.66 bits per heavy atom. The first-order chi connectivity index (χ1) is 30.4. The number of aliphatic hydroxyl groups excluding tert-OH is 1. The number of aliphatic hydroxyl groups is 1. The number of carboxylic acid groups (broad SMARTS) is 1. The van der Waals surface area contributed by atoms with Crippen molar-refractivity contribution in [1.29, 1.82) is 0 Å². The van der Waals surface area contributed by atoms with Crippen LogP contribution in [0.4, 0.5) is 14.4 Å². The highest BCUT2D eigenvalue weighted by atomic mass is 16.6. The van der Waals surface area contributed by atoms with Crippen molar-refractivity contribution in [3.05, 3.63) is 54.2 Å². The van der Waals surface area contributed by atoms with E-state index in [4.69, 9.17) is 24.1 Å². The largest absolute Gasteiger partial charge is 0.465 e. The number of alkyl carbamates (subject to hydrolysis) is 2. The van der Waals surface area contributed by atoms with Gasteiger partial charge in [0, 0.05) is 55.7 Å². The van der Waals surface area contributed by atoms with Crippen molar-refractivity contribution in [3.8, 4) is 11.3 Å². The minimum atomic E-state index is -1.17. The normalized spacial score (nSPS) is 27.2. The lowest BCUT2D eigenvalue weighted by Gasteiger charge is -2.34. The number of hydrogen-bond donors (Lipinski definition) is 4. The standard InChI is InChI=1S/C32H40N4O7.C8H17NO2.C5H11NO2.C2H6/c1-20-8-5-10-25(18-21(2)27(37)22(3)28-32(4,19-41-29(20)38)43-31(40)35-28)42-30(39)33-16-6-9-23-12-14-24(15-13-23)26-11-7-17-34-36-26;1-6-4-7(9(2)3)5-8(10)11-6;1-3-6(4-2)5(7)8;1-2/h6-7,9,11-15,17,20-22,25,28H,5,8,10,16,18-19H2,1-4H3,(H,33,39)(H,35,40);6-8,10H,4-5H2,1-3H3;3-4H2,1-2H3,(H,7,8);1-2H3/b9-6+;;;/t20-,21-,22+,25+,28-,32-;6-,7+,8?;;/m11../s1. The molecule has 9 atom stereocenters. The predicted molar refractivity (Wildman–Crippen MR) is 244 cm³/mol. The predicted octanol–water partition coefficient (Wildman–Crippen LogP) is 7.18. The lowest BCUT2D eigenvalue weighted by molar-refractivity contribution is -0.172. The van der Waals surface area contributed by atoms with Gasteiger partial charge < -0.3 is 49.6 Å². The maximum Gasteiger partial charge on any atom is 0.408 e. The van der Waals surface area contributed by atoms with Crippen molar-refractivity contribution in [3.63, 3.8) is 0 Å². The van der Waals surface area contributed by atoms with E-state index in [1.165, 1.54) is 4.90 Å². The molecule has 0 bridgehead atoms. The number of Topliss-reactive ketones (excluding diaryl/α,β-unsaturated/α-hetero) is 1. The van der Waals surface area contributed by atoms with E-state index in [0.717, 1.165) is 29.7 Å². The second-order valence-electron chi connectivity index (χ2n) is 16.6. The molecule has 0 saturated carbocycles. The van der Waals surface area contributed by atoms with Crippen LogP contribution in [0.25, 0.3) is 17.3 Å². The molecule has 4 N–H and O–H groups in total. The first kappa shape index (κ1) is 55.0. The van der Waals surface area contributed by atoms with Crippen LogP contribution >= 0.6 is 0 Å². The van der Waals surface area contributed by atoms with E-state index in [-0.39, 0.29) is 31.0 Å². The Labute approximate surface area is 379 Å². The highest BCUT2D eigenvalue weighted by Crippen LogP contribution is 2.32. The van der Waals surface area contributed by atoms with Gasteiger partial charge in [-0.15, -0.1) is 0 Å². The van der Waals surface area contributed by atoms with Crippen molar-refractivity contribution in [2.24, 2.45) is 17.8 Å². The summed E-state index contributed by atoms with van der Waals surface area (Å²) in [5, 5.41) is 31.0. The molecule has 17 nitrogen and oxygen atoms in total. The van der Waals surface area contributed by atoms with Gasteiger partial charge in [-0.05, 0) is 91.6 Å². The minimum absolute atomic E-state index is 0.0963. The van der Waals surface area contributed by atoms with Gasteiger partial charge in [-0.25, -0.2) is 14.4 Å². The van der Waals surface area contributed by atoms with Gasteiger partial charge in [-0.2, -0.15) is 10.2 Å². The summed E-state index contributed by atoms with van der Waals surface area (Å²) in [4.78, 5) is 64.4. The van der Waals surface area contributed by atoms with Crippen LogP contribution < -0.4 is 10.6 Å². The molecule has 1 aromatic heterocycles. The number of cyclic esters (lactones) is 1. The molecule has 5 rings (SSSR count). The average Bonchev–Trinajstić information content (AvgIpc) is 3.58. The fourth-order valence-electron chi connectivity index (χ4n) is 7.59. The number of aromatic nitrogens is 2. The molecule has 0 aliphatic carbocycles. The summed E-state index contributed by atoms with van der Waals surface area (Å²) < 4.78 is 21.9. The molecule has 3 fully saturated rings. The van der Waals surface area contributed by atoms with Crippen molar-refractivity contribution < 1.29 is 53.1 Å². The molecule has 17 heteroatoms. The van der Waals surface area contributed by atoms with Crippen molar-refractivity contribution in [1.82, 2.24) is 30.6 Å². The number of carbonyl (C=O) groups is 5. The summed E-state index contributed by atoms with van der Waals surface area (Å²) in [6.45, 7) is 17.9. The van der Waals surface area contributed by atoms with E-state index in [1.807, 2.05) is 97.3 Å². The fourth-order valence-corrected chi connectivity index (χ4v) is 7.59. The molecule has 0 radical (unpaired) electrons. The van der Waals surface area contributed by atoms with Crippen LogP contribution in [0.5, 0.6) is 0 Å². The van der Waals surface area contributed by atoms with Crippen molar-refractivity contribution >= 4 is 36.1 Å². The fraction of sp³-hybridized carbons (Fsp3) is 0.638. The van der Waals surface area contributed by atoms with Gasteiger partial charge in [0.25, 0.3) is 0 Å². The number of carbonyl (C=O) groups excluding carboxylic acids is 4. The van der Waals surface area contributed by atoms with Crippen molar-refractivity contribution in [2.45, 2.75) is 137 Å². The van der Waals surface area contributed by atoms with Gasteiger partial charge in [0.1, 0.15) is 18.5 Å². The summed E-state index contributed by atoms with van der Waals surface area (Å²) in [5.41, 5.74) is 1.53. The molecule has 1 aromatic carbocycles. The maximum absolute atomic E-state index is 13.4. The smallest absolute Gasteiger partial charge is 0.408 e. The number of ketones is 1. The lowest BCUT2D eigenvalue weighted by atomic mass is 9.80. The Morgan fingerprint density at radius 1 is 0.984 bits per heavy atom. The average molecular weight is 899 g/mol. The van der Waals surface area contributed by atoms with Gasteiger partial charge >= 0.3 is 24.2 Å². The summed E-state index contributed by atoms with van der Waals surface area (Å²) in [6.07, 6.45) is 6.05. The molecule has 0 spiro atoms. The molecule has 3 aliphatic rings. The second kappa shape index (κ2) is 27.9. The number of hydrogen-bond acceptors (Lipinski definition) is 13. The number of fused-ring (bicyclic) bond motifs is 1. The summed E-state index contributed by atoms with van der Waals surface area (Å²) in [7, 11) is 4.07. The summed E-state index contributed by atoms with van der Waals surface area (Å²) in [6, 6.07) is 11.3. The van der Waals surface area contributed by atoms with Crippen LogP contribution in [0, 0.1) is 17.8 Å². The highest BCUT2D eigenvalue weighted by molar-refractivity contribution is 5.85. The first-order valence-corrected chi connectivity index (χ1v) is 22.5. The molecular formula is C47H74N6O11. The van der Waals surface area contributed by atoms with Crippen LogP contribution in [0.3, 0.4) is 0 Å². The zero-order valence-electron chi connectivity index (χ0n) is 39.7. The third-order valence-corrected chi connectivity index (χ3v) is 11.3. The highest BCUT2D eigenvalue weighted by Gasteiger charge is 2.51. The number of nitrogens with one attached hydrogen (secondary N) is 2. The number of benzene rings is 1. The molecule has 3 aliphatic heterocycles. The van der Waals surface area contributed by atoms with Gasteiger partial charge in [0.2, 0.25) is 0 Å². The Kier molecular flexibility index (Phi) is 24.0. The van der Waals surface area contributed by atoms with E-state index >= 15 is 0 Å². The van der Waals surface area contributed by atoms with E-state index in [1.54, 1.807) is 33.9 Å².